The van der Waals surface area contributed by atoms with Gasteiger partial charge < -0.3 is 10.3 Å². The van der Waals surface area contributed by atoms with Crippen molar-refractivity contribution in [1.29, 1.82) is 0 Å². The van der Waals surface area contributed by atoms with Gasteiger partial charge in [-0.3, -0.25) is 4.79 Å². The molecule has 2 heterocycles. The zero-order valence-electron chi connectivity index (χ0n) is 11.8. The van der Waals surface area contributed by atoms with E-state index in [1.54, 1.807) is 4.90 Å². The first-order valence-electron chi connectivity index (χ1n) is 6.91. The molecule has 0 aliphatic carbocycles. The Labute approximate surface area is 123 Å². The first kappa shape index (κ1) is 13.5. The van der Waals surface area contributed by atoms with Gasteiger partial charge in [-0.15, -0.1) is 0 Å². The highest BCUT2D eigenvalue weighted by Gasteiger charge is 2.29. The number of nitrogen functional groups attached to an aromatic ring is 1. The fraction of sp³-hybridized carbons (Fsp3) is 0.267. The lowest BCUT2D eigenvalue weighted by Gasteiger charge is -2.35. The van der Waals surface area contributed by atoms with Crippen LogP contribution in [0.5, 0.6) is 0 Å². The average molecular weight is 283 g/mol. The van der Waals surface area contributed by atoms with Crippen molar-refractivity contribution in [3.63, 3.8) is 0 Å². The SMILES string of the molecule is CC1CCc2ccccc2N1C(=O)c1cnc(NN)cn1. The lowest BCUT2D eigenvalue weighted by atomic mass is 9.96. The smallest absolute Gasteiger partial charge is 0.278 e. The second kappa shape index (κ2) is 5.49. The molecule has 1 amide bonds. The lowest BCUT2D eigenvalue weighted by molar-refractivity contribution is 0.0970. The Bertz CT molecular complexity index is 655. The molecule has 0 spiro atoms. The molecule has 0 bridgehead atoms. The number of hydrogen-bond donors (Lipinski definition) is 2. The van der Waals surface area contributed by atoms with Crippen molar-refractivity contribution in [3.05, 3.63) is 47.9 Å². The van der Waals surface area contributed by atoms with E-state index < -0.39 is 0 Å². The molecule has 1 aromatic heterocycles. The summed E-state index contributed by atoms with van der Waals surface area (Å²) in [7, 11) is 0. The van der Waals surface area contributed by atoms with E-state index >= 15 is 0 Å². The van der Waals surface area contributed by atoms with Gasteiger partial charge in [0.15, 0.2) is 5.82 Å². The van der Waals surface area contributed by atoms with E-state index in [9.17, 15) is 4.79 Å². The van der Waals surface area contributed by atoms with Gasteiger partial charge in [-0.05, 0) is 31.4 Å². The van der Waals surface area contributed by atoms with Gasteiger partial charge in [0.1, 0.15) is 5.69 Å². The number of amides is 1. The Balaban J connectivity index is 1.96. The summed E-state index contributed by atoms with van der Waals surface area (Å²) >= 11 is 0. The summed E-state index contributed by atoms with van der Waals surface area (Å²) in [4.78, 5) is 22.7. The predicted molar refractivity (Wildman–Crippen MR) is 80.9 cm³/mol. The molecule has 2 aromatic rings. The quantitative estimate of drug-likeness (QED) is 0.648. The summed E-state index contributed by atoms with van der Waals surface area (Å²) in [6.45, 7) is 2.05. The third kappa shape index (κ3) is 2.45. The Kier molecular flexibility index (Phi) is 3.53. The Morgan fingerprint density at radius 3 is 2.86 bits per heavy atom. The van der Waals surface area contributed by atoms with Crippen molar-refractivity contribution in [2.24, 2.45) is 5.84 Å². The number of hydrogen-bond acceptors (Lipinski definition) is 5. The fourth-order valence-corrected chi connectivity index (χ4v) is 2.63. The zero-order valence-corrected chi connectivity index (χ0v) is 11.8. The highest BCUT2D eigenvalue weighted by Crippen LogP contribution is 2.31. The van der Waals surface area contributed by atoms with Gasteiger partial charge in [-0.2, -0.15) is 0 Å². The van der Waals surface area contributed by atoms with Gasteiger partial charge in [-0.1, -0.05) is 18.2 Å². The van der Waals surface area contributed by atoms with E-state index in [0.29, 0.717) is 11.5 Å². The molecule has 0 saturated carbocycles. The molecule has 6 nitrogen and oxygen atoms in total. The minimum Gasteiger partial charge on any atom is -0.307 e. The molecule has 1 aromatic carbocycles. The number of fused-ring (bicyclic) bond motifs is 1. The highest BCUT2D eigenvalue weighted by atomic mass is 16.2. The van der Waals surface area contributed by atoms with Gasteiger partial charge in [-0.25, -0.2) is 15.8 Å². The summed E-state index contributed by atoms with van der Waals surface area (Å²) in [5.41, 5.74) is 4.87. The Morgan fingerprint density at radius 1 is 1.33 bits per heavy atom. The van der Waals surface area contributed by atoms with Crippen molar-refractivity contribution in [2.45, 2.75) is 25.8 Å². The van der Waals surface area contributed by atoms with Crippen LogP contribution in [0.25, 0.3) is 0 Å². The number of nitrogens with two attached hydrogens (primary N) is 1. The second-order valence-corrected chi connectivity index (χ2v) is 5.12. The molecule has 3 rings (SSSR count). The molecule has 21 heavy (non-hydrogen) atoms. The lowest BCUT2D eigenvalue weighted by Crippen LogP contribution is -2.42. The molecule has 0 radical (unpaired) electrons. The maximum absolute atomic E-state index is 12.7. The van der Waals surface area contributed by atoms with Gasteiger partial charge >= 0.3 is 0 Å². The van der Waals surface area contributed by atoms with Crippen molar-refractivity contribution in [3.8, 4) is 0 Å². The monoisotopic (exact) mass is 283 g/mol. The molecule has 108 valence electrons. The number of aryl methyl sites for hydroxylation is 1. The summed E-state index contributed by atoms with van der Waals surface area (Å²) in [5, 5.41) is 0. The molecular formula is C15H17N5O. The van der Waals surface area contributed by atoms with Crippen molar-refractivity contribution < 1.29 is 4.79 Å². The number of nitrogens with one attached hydrogen (secondary N) is 1. The minimum atomic E-state index is -0.134. The Morgan fingerprint density at radius 2 is 2.14 bits per heavy atom. The van der Waals surface area contributed by atoms with E-state index in [4.69, 9.17) is 5.84 Å². The van der Waals surface area contributed by atoms with E-state index in [2.05, 4.69) is 28.4 Å². The summed E-state index contributed by atoms with van der Waals surface area (Å²) in [5.74, 6) is 5.55. The molecule has 1 atom stereocenters. The number of carbonyl (C=O) groups is 1. The number of benzene rings is 1. The molecule has 1 unspecified atom stereocenters. The van der Waals surface area contributed by atoms with Gasteiger partial charge in [0.05, 0.1) is 12.4 Å². The maximum atomic E-state index is 12.7. The van der Waals surface area contributed by atoms with Crippen LogP contribution >= 0.6 is 0 Å². The van der Waals surface area contributed by atoms with Crippen LogP contribution in [0.3, 0.4) is 0 Å². The first-order chi connectivity index (χ1) is 10.2. The minimum absolute atomic E-state index is 0.134. The summed E-state index contributed by atoms with van der Waals surface area (Å²) in [6, 6.07) is 8.13. The third-order valence-electron chi connectivity index (χ3n) is 3.76. The normalized spacial score (nSPS) is 17.2. The number of nitrogens with zero attached hydrogens (tertiary/aromatic N) is 3. The standard InChI is InChI=1S/C15H17N5O/c1-10-6-7-11-4-2-3-5-13(11)20(10)15(21)12-8-18-14(19-16)9-17-12/h2-5,8-10H,6-7,16H2,1H3,(H,18,19). The third-order valence-corrected chi connectivity index (χ3v) is 3.76. The van der Waals surface area contributed by atoms with Crippen molar-refractivity contribution in [1.82, 2.24) is 9.97 Å². The number of para-hydroxylation sites is 1. The average Bonchev–Trinajstić information content (AvgIpc) is 2.54. The maximum Gasteiger partial charge on any atom is 0.278 e. The number of anilines is 2. The topological polar surface area (TPSA) is 84.1 Å². The largest absolute Gasteiger partial charge is 0.307 e. The molecule has 0 saturated heterocycles. The van der Waals surface area contributed by atoms with Crippen LogP contribution in [0.2, 0.25) is 0 Å². The van der Waals surface area contributed by atoms with Gasteiger partial charge in [0.2, 0.25) is 0 Å². The fourth-order valence-electron chi connectivity index (χ4n) is 2.63. The zero-order chi connectivity index (χ0) is 14.8. The van der Waals surface area contributed by atoms with E-state index in [1.807, 2.05) is 18.2 Å². The van der Waals surface area contributed by atoms with Crippen LogP contribution in [-0.2, 0) is 6.42 Å². The van der Waals surface area contributed by atoms with Crippen LogP contribution in [0, 0.1) is 0 Å². The van der Waals surface area contributed by atoms with Crippen LogP contribution in [-0.4, -0.2) is 21.9 Å². The second-order valence-electron chi connectivity index (χ2n) is 5.12. The number of hydrazine groups is 1. The first-order valence-corrected chi connectivity index (χ1v) is 6.91. The number of carbonyl (C=O) groups excluding carboxylic acids is 1. The molecule has 3 N–H and O–H groups in total. The molecular weight excluding hydrogens is 266 g/mol. The van der Waals surface area contributed by atoms with Crippen LogP contribution in [0.4, 0.5) is 11.5 Å². The van der Waals surface area contributed by atoms with E-state index in [-0.39, 0.29) is 11.9 Å². The molecule has 0 fully saturated rings. The molecule has 1 aliphatic rings. The van der Waals surface area contributed by atoms with Crippen LogP contribution < -0.4 is 16.2 Å². The van der Waals surface area contributed by atoms with Crippen molar-refractivity contribution >= 4 is 17.4 Å². The number of rotatable bonds is 2. The van der Waals surface area contributed by atoms with Gasteiger partial charge in [0.25, 0.3) is 5.91 Å². The Hall–Kier alpha value is -2.47. The van der Waals surface area contributed by atoms with Crippen LogP contribution in [0.1, 0.15) is 29.4 Å². The van der Waals surface area contributed by atoms with Crippen LogP contribution in [0.15, 0.2) is 36.7 Å². The van der Waals surface area contributed by atoms with Crippen molar-refractivity contribution in [2.75, 3.05) is 10.3 Å². The summed E-state index contributed by atoms with van der Waals surface area (Å²) < 4.78 is 0. The molecule has 6 heteroatoms. The van der Waals surface area contributed by atoms with E-state index in [0.717, 1.165) is 18.5 Å². The van der Waals surface area contributed by atoms with E-state index in [1.165, 1.54) is 18.0 Å². The molecule has 1 aliphatic heterocycles. The van der Waals surface area contributed by atoms with Gasteiger partial charge in [0, 0.05) is 11.7 Å². The summed E-state index contributed by atoms with van der Waals surface area (Å²) in [6.07, 6.45) is 4.83. The number of aromatic nitrogens is 2. The highest BCUT2D eigenvalue weighted by molar-refractivity contribution is 6.05. The predicted octanol–water partition coefficient (Wildman–Crippen LogP) is 1.74.